The maximum atomic E-state index is 12.1. The average Bonchev–Trinajstić information content (AvgIpc) is 3.47. The van der Waals surface area contributed by atoms with Gasteiger partial charge < -0.3 is 15.0 Å². The molecular weight excluding hydrogens is 410 g/mol. The van der Waals surface area contributed by atoms with Crippen molar-refractivity contribution in [2.75, 3.05) is 31.7 Å². The van der Waals surface area contributed by atoms with Crippen molar-refractivity contribution in [1.82, 2.24) is 10.8 Å². The molecule has 2 unspecified atom stereocenters. The smallest absolute Gasteiger partial charge is 0.261 e. The van der Waals surface area contributed by atoms with Crippen LogP contribution in [0.2, 0.25) is 4.34 Å². The first-order chi connectivity index (χ1) is 14.1. The maximum Gasteiger partial charge on any atom is 0.261 e. The first-order valence-corrected chi connectivity index (χ1v) is 10.9. The normalized spacial score (nSPS) is 21.2. The molecule has 0 saturated carbocycles. The number of ether oxygens (including phenoxy) is 1. The molecule has 0 aliphatic carbocycles. The molecule has 6 nitrogen and oxygen atoms in total. The Balaban J connectivity index is 1.34. The van der Waals surface area contributed by atoms with Crippen molar-refractivity contribution in [3.63, 3.8) is 0 Å². The largest absolute Gasteiger partial charge is 0.383 e. The number of amides is 1. The number of anilines is 1. The van der Waals surface area contributed by atoms with E-state index in [4.69, 9.17) is 21.2 Å². The fourth-order valence-electron chi connectivity index (χ4n) is 3.74. The number of nitrogens with one attached hydrogen (secondary N) is 2. The molecule has 0 spiro atoms. The van der Waals surface area contributed by atoms with Gasteiger partial charge in [0.15, 0.2) is 0 Å². The van der Waals surface area contributed by atoms with Crippen molar-refractivity contribution >= 4 is 40.2 Å². The molecule has 8 heteroatoms. The number of rotatable bonds is 7. The fraction of sp³-hybridized carbons (Fsp3) is 0.381. The van der Waals surface area contributed by atoms with Gasteiger partial charge in [0.05, 0.1) is 34.1 Å². The van der Waals surface area contributed by atoms with E-state index < -0.39 is 0 Å². The zero-order valence-electron chi connectivity index (χ0n) is 16.2. The number of methoxy groups -OCH3 is 1. The minimum Gasteiger partial charge on any atom is -0.383 e. The molecule has 1 aromatic carbocycles. The lowest BCUT2D eigenvalue weighted by Crippen LogP contribution is -2.32. The van der Waals surface area contributed by atoms with Gasteiger partial charge in [-0.15, -0.1) is 11.3 Å². The molecule has 1 fully saturated rings. The number of carbonyl (C=O) groups is 1. The van der Waals surface area contributed by atoms with Crippen LogP contribution in [0.3, 0.4) is 0 Å². The summed E-state index contributed by atoms with van der Waals surface area (Å²) in [6.07, 6.45) is 4.12. The highest BCUT2D eigenvalue weighted by molar-refractivity contribution is 7.17. The molecule has 154 valence electrons. The Bertz CT molecular complexity index is 884. The van der Waals surface area contributed by atoms with Gasteiger partial charge in [0.2, 0.25) is 0 Å². The zero-order chi connectivity index (χ0) is 20.2. The molecule has 2 aromatic rings. The molecule has 2 atom stereocenters. The summed E-state index contributed by atoms with van der Waals surface area (Å²) in [5.41, 5.74) is 6.14. The summed E-state index contributed by atoms with van der Waals surface area (Å²) >= 11 is 7.14. The van der Waals surface area contributed by atoms with Gasteiger partial charge in [0, 0.05) is 19.3 Å². The highest BCUT2D eigenvalue weighted by Gasteiger charge is 2.25. The van der Waals surface area contributed by atoms with Crippen LogP contribution in [-0.4, -0.2) is 44.9 Å². The number of hydroxylamine groups is 1. The van der Waals surface area contributed by atoms with E-state index in [1.54, 1.807) is 19.2 Å². The Hall–Kier alpha value is -2.06. The van der Waals surface area contributed by atoms with Gasteiger partial charge in [-0.3, -0.25) is 15.1 Å². The quantitative estimate of drug-likeness (QED) is 0.697. The Kier molecular flexibility index (Phi) is 6.40. The lowest BCUT2D eigenvalue weighted by Gasteiger charge is -2.26. The van der Waals surface area contributed by atoms with Crippen LogP contribution in [0.4, 0.5) is 5.69 Å². The number of carbonyl (C=O) groups excluding carboxylic acids is 1. The van der Waals surface area contributed by atoms with Crippen molar-refractivity contribution in [1.29, 1.82) is 0 Å². The summed E-state index contributed by atoms with van der Waals surface area (Å²) in [6.45, 7) is 2.21. The molecule has 0 bridgehead atoms. The second-order valence-corrected chi connectivity index (χ2v) is 8.86. The topological polar surface area (TPSA) is 62.8 Å². The van der Waals surface area contributed by atoms with Gasteiger partial charge in [-0.05, 0) is 48.7 Å². The molecule has 1 amide bonds. The maximum absolute atomic E-state index is 12.1. The Labute approximate surface area is 179 Å². The lowest BCUT2D eigenvalue weighted by atomic mass is 10.1. The van der Waals surface area contributed by atoms with E-state index in [0.717, 1.165) is 24.4 Å². The van der Waals surface area contributed by atoms with Crippen molar-refractivity contribution in [3.05, 3.63) is 57.3 Å². The molecular formula is C21H24ClN3O3S. The molecule has 2 aliphatic rings. The summed E-state index contributed by atoms with van der Waals surface area (Å²) in [7, 11) is 1.76. The Morgan fingerprint density at radius 3 is 2.90 bits per heavy atom. The third-order valence-electron chi connectivity index (χ3n) is 5.18. The Morgan fingerprint density at radius 2 is 2.17 bits per heavy atom. The van der Waals surface area contributed by atoms with Crippen LogP contribution in [0.25, 0.3) is 5.70 Å². The first-order valence-electron chi connectivity index (χ1n) is 9.67. The van der Waals surface area contributed by atoms with E-state index in [1.807, 2.05) is 6.08 Å². The summed E-state index contributed by atoms with van der Waals surface area (Å²) in [5, 5.41) is 2.87. The van der Waals surface area contributed by atoms with Gasteiger partial charge in [-0.25, -0.2) is 0 Å². The van der Waals surface area contributed by atoms with Crippen LogP contribution >= 0.6 is 22.9 Å². The molecule has 4 rings (SSSR count). The molecule has 3 heterocycles. The second-order valence-electron chi connectivity index (χ2n) is 7.14. The first kappa shape index (κ1) is 20.2. The molecule has 2 N–H and O–H groups in total. The summed E-state index contributed by atoms with van der Waals surface area (Å²) in [6, 6.07) is 12.3. The molecule has 0 radical (unpaired) electrons. The van der Waals surface area contributed by atoms with Crippen LogP contribution < -0.4 is 15.7 Å². The number of hydrogen-bond donors (Lipinski definition) is 2. The van der Waals surface area contributed by atoms with E-state index in [2.05, 4.69) is 40.0 Å². The molecule has 1 aromatic heterocycles. The third kappa shape index (κ3) is 4.75. The third-order valence-corrected chi connectivity index (χ3v) is 6.41. The van der Waals surface area contributed by atoms with Crippen LogP contribution in [0, 0.1) is 0 Å². The molecule has 1 saturated heterocycles. The van der Waals surface area contributed by atoms with Crippen molar-refractivity contribution in [2.45, 2.75) is 25.0 Å². The van der Waals surface area contributed by atoms with Crippen molar-refractivity contribution in [3.8, 4) is 0 Å². The zero-order valence-corrected chi connectivity index (χ0v) is 17.8. The van der Waals surface area contributed by atoms with Gasteiger partial charge >= 0.3 is 0 Å². The molecule has 2 aliphatic heterocycles. The number of thiophene rings is 1. The number of halogens is 1. The lowest BCUT2D eigenvalue weighted by molar-refractivity contribution is 0.0499. The summed E-state index contributed by atoms with van der Waals surface area (Å²) in [4.78, 5) is 20.7. The minimum absolute atomic E-state index is 0.145. The van der Waals surface area contributed by atoms with Crippen molar-refractivity contribution in [2.24, 2.45) is 0 Å². The van der Waals surface area contributed by atoms with Crippen LogP contribution in [0.15, 0.2) is 42.5 Å². The number of nitrogens with zero attached hydrogens (tertiary/aromatic N) is 1. The molecule has 29 heavy (non-hydrogen) atoms. The predicted molar refractivity (Wildman–Crippen MR) is 116 cm³/mol. The highest BCUT2D eigenvalue weighted by atomic mass is 35.5. The summed E-state index contributed by atoms with van der Waals surface area (Å²) in [5.74, 6) is -0.145. The second kappa shape index (κ2) is 9.17. The average molecular weight is 434 g/mol. The van der Waals surface area contributed by atoms with Gasteiger partial charge in [-0.2, -0.15) is 0 Å². The van der Waals surface area contributed by atoms with Gasteiger partial charge in [-0.1, -0.05) is 23.7 Å². The number of benzene rings is 1. The minimum atomic E-state index is -0.228. The fourth-order valence-corrected chi connectivity index (χ4v) is 4.70. The predicted octanol–water partition coefficient (Wildman–Crippen LogP) is 3.69. The van der Waals surface area contributed by atoms with Gasteiger partial charge in [0.25, 0.3) is 5.91 Å². The summed E-state index contributed by atoms with van der Waals surface area (Å²) < 4.78 is 5.95. The number of hydrogen-bond acceptors (Lipinski definition) is 6. The van der Waals surface area contributed by atoms with Crippen LogP contribution in [0.5, 0.6) is 0 Å². The van der Waals surface area contributed by atoms with Crippen molar-refractivity contribution < 1.29 is 14.4 Å². The van der Waals surface area contributed by atoms with Gasteiger partial charge in [0.1, 0.15) is 6.10 Å². The van der Waals surface area contributed by atoms with Crippen LogP contribution in [-0.2, 0) is 9.57 Å². The van der Waals surface area contributed by atoms with E-state index in [1.165, 1.54) is 29.9 Å². The van der Waals surface area contributed by atoms with Crippen LogP contribution in [0.1, 0.15) is 28.1 Å². The van der Waals surface area contributed by atoms with E-state index in [0.29, 0.717) is 21.8 Å². The van der Waals surface area contributed by atoms with E-state index >= 15 is 0 Å². The monoisotopic (exact) mass is 433 g/mol. The van der Waals surface area contributed by atoms with E-state index in [-0.39, 0.29) is 12.0 Å². The standard InChI is InChI=1S/C21H24ClN3O3S/c1-27-13-16-3-2-10-25(16)15-6-4-14(5-7-15)18-11-17(28-24-18)12-23-21(26)19-8-9-20(22)29-19/h4-9,11,16-17,24H,2-3,10,12-13H2,1H3,(H,23,26). The highest BCUT2D eigenvalue weighted by Crippen LogP contribution is 2.28. The Morgan fingerprint density at radius 1 is 1.34 bits per heavy atom. The van der Waals surface area contributed by atoms with E-state index in [9.17, 15) is 4.79 Å². The SMILES string of the molecule is COCC1CCCN1c1ccc(C2=CC(CNC(=O)c3ccc(Cl)s3)ON2)cc1.